The molecule has 0 aliphatic carbocycles. The summed E-state index contributed by atoms with van der Waals surface area (Å²) >= 11 is 5.18. The van der Waals surface area contributed by atoms with Crippen LogP contribution < -0.4 is 5.32 Å². The predicted octanol–water partition coefficient (Wildman–Crippen LogP) is 3.32. The molecule has 1 aromatic carbocycles. The fraction of sp³-hybridized carbons (Fsp3) is 0.562. The van der Waals surface area contributed by atoms with Gasteiger partial charge in [-0.15, -0.1) is 0 Å². The second kappa shape index (κ2) is 8.64. The van der Waals surface area contributed by atoms with Crippen molar-refractivity contribution in [3.05, 3.63) is 29.3 Å². The lowest BCUT2D eigenvalue weighted by atomic mass is 10.1. The summed E-state index contributed by atoms with van der Waals surface area (Å²) in [6.45, 7) is 2.66. The second-order valence-electron chi connectivity index (χ2n) is 6.36. The summed E-state index contributed by atoms with van der Waals surface area (Å²) in [6.07, 6.45) is -9.42. The molecule has 2 rings (SSSR count). The number of thiocarbonyl (C=S) groups is 1. The van der Waals surface area contributed by atoms with Crippen LogP contribution in [0.25, 0.3) is 0 Å². The van der Waals surface area contributed by atoms with Crippen molar-refractivity contribution in [3.63, 3.8) is 0 Å². The van der Waals surface area contributed by atoms with Crippen LogP contribution in [0.5, 0.6) is 0 Å². The van der Waals surface area contributed by atoms with E-state index in [1.54, 1.807) is 4.90 Å². The Labute approximate surface area is 169 Å². The number of hydrogen-bond donors (Lipinski definition) is 1. The van der Waals surface area contributed by atoms with Crippen LogP contribution in [-0.4, -0.2) is 55.5 Å². The molecule has 13 heteroatoms. The number of nitrogens with one attached hydrogen (secondary N) is 1. The summed E-state index contributed by atoms with van der Waals surface area (Å²) in [7, 11) is -4.55. The molecule has 1 saturated heterocycles. The number of hydrogen-bond acceptors (Lipinski definition) is 3. The van der Waals surface area contributed by atoms with Crippen molar-refractivity contribution in [2.24, 2.45) is 0 Å². The molecule has 0 bridgehead atoms. The first kappa shape index (κ1) is 23.7. The van der Waals surface area contributed by atoms with Crippen LogP contribution in [0, 0.1) is 0 Å². The van der Waals surface area contributed by atoms with E-state index in [4.69, 9.17) is 12.2 Å². The number of piperazine rings is 1. The van der Waals surface area contributed by atoms with Crippen molar-refractivity contribution in [2.45, 2.75) is 30.6 Å². The van der Waals surface area contributed by atoms with Crippen LogP contribution >= 0.6 is 12.2 Å². The minimum atomic E-state index is -5.12. The summed E-state index contributed by atoms with van der Waals surface area (Å²) in [5.41, 5.74) is -3.34. The molecule has 1 fully saturated rings. The lowest BCUT2D eigenvalue weighted by Gasteiger charge is -2.35. The first-order chi connectivity index (χ1) is 13.3. The van der Waals surface area contributed by atoms with Crippen molar-refractivity contribution in [2.75, 3.05) is 32.7 Å². The van der Waals surface area contributed by atoms with Gasteiger partial charge < -0.3 is 10.2 Å². The maximum atomic E-state index is 13.0. The van der Waals surface area contributed by atoms with E-state index in [9.17, 15) is 34.8 Å². The number of nitrogens with zero attached hydrogens (tertiary/aromatic N) is 2. The van der Waals surface area contributed by atoms with Gasteiger partial charge in [0.05, 0.1) is 16.0 Å². The molecule has 0 unspecified atom stereocenters. The van der Waals surface area contributed by atoms with Gasteiger partial charge in [-0.2, -0.15) is 30.6 Å². The molecule has 0 spiro atoms. The maximum absolute atomic E-state index is 13.0. The molecule has 0 aromatic heterocycles. The third-order valence-electron chi connectivity index (χ3n) is 4.25. The normalized spacial score (nSPS) is 16.7. The van der Waals surface area contributed by atoms with Crippen LogP contribution in [-0.2, 0) is 22.4 Å². The number of benzene rings is 1. The van der Waals surface area contributed by atoms with Crippen LogP contribution in [0.2, 0.25) is 0 Å². The van der Waals surface area contributed by atoms with Crippen LogP contribution in [0.1, 0.15) is 24.5 Å². The Kier molecular flexibility index (Phi) is 7.05. The van der Waals surface area contributed by atoms with E-state index in [-0.39, 0.29) is 44.4 Å². The van der Waals surface area contributed by atoms with Crippen molar-refractivity contribution >= 4 is 27.4 Å². The Hall–Kier alpha value is -1.60. The average Bonchev–Trinajstić information content (AvgIpc) is 2.64. The monoisotopic (exact) mass is 463 g/mol. The molecule has 1 N–H and O–H groups in total. The summed E-state index contributed by atoms with van der Waals surface area (Å²) < 4.78 is 104. The largest absolute Gasteiger partial charge is 0.416 e. The van der Waals surface area contributed by atoms with E-state index in [0.29, 0.717) is 11.7 Å². The van der Waals surface area contributed by atoms with Gasteiger partial charge in [0, 0.05) is 32.7 Å². The Morgan fingerprint density at radius 2 is 1.48 bits per heavy atom. The van der Waals surface area contributed by atoms with Gasteiger partial charge in [-0.1, -0.05) is 6.92 Å². The fourth-order valence-corrected chi connectivity index (χ4v) is 4.48. The number of rotatable bonds is 4. The first-order valence-electron chi connectivity index (χ1n) is 8.59. The zero-order valence-electron chi connectivity index (χ0n) is 15.3. The molecule has 5 nitrogen and oxygen atoms in total. The quantitative estimate of drug-likeness (QED) is 0.549. The molecular formula is C16H19F6N3O2S2. The van der Waals surface area contributed by atoms with Crippen molar-refractivity contribution in [1.82, 2.24) is 14.5 Å². The highest BCUT2D eigenvalue weighted by Gasteiger charge is 2.39. The maximum Gasteiger partial charge on any atom is 0.416 e. The topological polar surface area (TPSA) is 52.6 Å². The number of alkyl halides is 6. The van der Waals surface area contributed by atoms with Crippen molar-refractivity contribution < 1.29 is 34.8 Å². The predicted molar refractivity (Wildman–Crippen MR) is 97.7 cm³/mol. The molecule has 0 saturated carbocycles. The molecule has 0 radical (unpaired) electrons. The highest BCUT2D eigenvalue weighted by molar-refractivity contribution is 7.89. The second-order valence-corrected chi connectivity index (χ2v) is 8.69. The summed E-state index contributed by atoms with van der Waals surface area (Å²) in [4.78, 5) is 0.657. The average molecular weight is 463 g/mol. The van der Waals surface area contributed by atoms with E-state index in [1.807, 2.05) is 6.92 Å². The zero-order chi connectivity index (χ0) is 22.0. The number of sulfonamides is 1. The Morgan fingerprint density at radius 3 is 1.90 bits per heavy atom. The highest BCUT2D eigenvalue weighted by atomic mass is 32.2. The Morgan fingerprint density at radius 1 is 1.00 bits per heavy atom. The van der Waals surface area contributed by atoms with E-state index < -0.39 is 38.4 Å². The van der Waals surface area contributed by atoms with Gasteiger partial charge in [-0.05, 0) is 36.8 Å². The molecule has 1 heterocycles. The molecule has 1 aromatic rings. The molecule has 0 amide bonds. The summed E-state index contributed by atoms with van der Waals surface area (Å²) in [5.74, 6) is 0. The zero-order valence-corrected chi connectivity index (χ0v) is 16.9. The SMILES string of the molecule is CCCNC(=S)N1CCN(S(=O)(=O)c2cc(C(F)(F)F)cc(C(F)(F)F)c2)CC1. The van der Waals surface area contributed by atoms with Gasteiger partial charge in [-0.25, -0.2) is 8.42 Å². The van der Waals surface area contributed by atoms with Crippen LogP contribution in [0.3, 0.4) is 0 Å². The van der Waals surface area contributed by atoms with E-state index in [1.165, 1.54) is 0 Å². The smallest absolute Gasteiger partial charge is 0.363 e. The van der Waals surface area contributed by atoms with Crippen LogP contribution in [0.15, 0.2) is 23.1 Å². The Balaban J connectivity index is 2.29. The molecule has 1 aliphatic heterocycles. The minimum Gasteiger partial charge on any atom is -0.363 e. The van der Waals surface area contributed by atoms with Gasteiger partial charge >= 0.3 is 12.4 Å². The van der Waals surface area contributed by atoms with Gasteiger partial charge in [0.2, 0.25) is 10.0 Å². The summed E-state index contributed by atoms with van der Waals surface area (Å²) in [6, 6.07) is 0.351. The minimum absolute atomic E-state index is 0.102. The van der Waals surface area contributed by atoms with Crippen LogP contribution in [0.4, 0.5) is 26.3 Å². The lowest BCUT2D eigenvalue weighted by molar-refractivity contribution is -0.143. The van der Waals surface area contributed by atoms with E-state index in [0.717, 1.165) is 10.7 Å². The van der Waals surface area contributed by atoms with E-state index in [2.05, 4.69) is 5.32 Å². The first-order valence-corrected chi connectivity index (χ1v) is 10.4. The molecule has 29 heavy (non-hydrogen) atoms. The fourth-order valence-electron chi connectivity index (χ4n) is 2.70. The molecular weight excluding hydrogens is 444 g/mol. The van der Waals surface area contributed by atoms with E-state index >= 15 is 0 Å². The highest BCUT2D eigenvalue weighted by Crippen LogP contribution is 2.37. The standard InChI is InChI=1S/C16H19F6N3O2S2/c1-2-3-23-14(28)24-4-6-25(7-5-24)29(26,27)13-9-11(15(17,18)19)8-12(10-13)16(20,21)22/h8-10H,2-7H2,1H3,(H,23,28). The van der Waals surface area contributed by atoms with Gasteiger partial charge in [0.1, 0.15) is 0 Å². The molecule has 1 aliphatic rings. The Bertz CT molecular complexity index is 815. The van der Waals surface area contributed by atoms with Gasteiger partial charge in [0.25, 0.3) is 0 Å². The van der Waals surface area contributed by atoms with Crippen molar-refractivity contribution in [3.8, 4) is 0 Å². The molecule has 0 atom stereocenters. The summed E-state index contributed by atoms with van der Waals surface area (Å²) in [5, 5.41) is 3.39. The third-order valence-corrected chi connectivity index (χ3v) is 6.53. The number of halogens is 6. The van der Waals surface area contributed by atoms with Gasteiger partial charge in [-0.3, -0.25) is 0 Å². The third kappa shape index (κ3) is 5.72. The van der Waals surface area contributed by atoms with Crippen molar-refractivity contribution in [1.29, 1.82) is 0 Å². The lowest BCUT2D eigenvalue weighted by Crippen LogP contribution is -2.53. The molecule has 164 valence electrons. The van der Waals surface area contributed by atoms with Gasteiger partial charge in [0.15, 0.2) is 5.11 Å².